The maximum absolute atomic E-state index is 3.60. The molecule has 0 heterocycles. The van der Waals surface area contributed by atoms with Crippen LogP contribution in [0, 0.1) is 17.3 Å². The van der Waals surface area contributed by atoms with E-state index in [4.69, 9.17) is 0 Å². The highest BCUT2D eigenvalue weighted by molar-refractivity contribution is 4.71. The molecule has 1 aliphatic carbocycles. The number of nitrogens with one attached hydrogen (secondary N) is 1. The van der Waals surface area contributed by atoms with Gasteiger partial charge in [0.2, 0.25) is 0 Å². The minimum Gasteiger partial charge on any atom is -0.317 e. The van der Waals surface area contributed by atoms with E-state index in [1.165, 1.54) is 51.6 Å². The molecule has 0 aliphatic heterocycles. The summed E-state index contributed by atoms with van der Waals surface area (Å²) in [6.07, 6.45) is 8.56. The first kappa shape index (κ1) is 14.0. The van der Waals surface area contributed by atoms with Gasteiger partial charge < -0.3 is 5.32 Å². The molecule has 1 N–H and O–H groups in total. The quantitative estimate of drug-likeness (QED) is 0.691. The Morgan fingerprint density at radius 3 is 2.19 bits per heavy atom. The highest BCUT2D eigenvalue weighted by Crippen LogP contribution is 2.29. The lowest BCUT2D eigenvalue weighted by Gasteiger charge is -2.26. The molecule has 0 aromatic heterocycles. The molecule has 1 fully saturated rings. The average Bonchev–Trinajstić information content (AvgIpc) is 2.19. The zero-order valence-electron chi connectivity index (χ0n) is 11.8. The molecule has 0 aromatic carbocycles. The van der Waals surface area contributed by atoms with Crippen molar-refractivity contribution in [3.05, 3.63) is 0 Å². The Kier molecular flexibility index (Phi) is 5.82. The largest absolute Gasteiger partial charge is 0.317 e. The monoisotopic (exact) mass is 225 g/mol. The van der Waals surface area contributed by atoms with Crippen molar-refractivity contribution in [2.45, 2.75) is 66.2 Å². The predicted molar refractivity (Wildman–Crippen MR) is 72.7 cm³/mol. The molecular weight excluding hydrogens is 194 g/mol. The average molecular weight is 225 g/mol. The fourth-order valence-electron chi connectivity index (χ4n) is 2.51. The second-order valence-corrected chi connectivity index (χ2v) is 6.98. The van der Waals surface area contributed by atoms with Crippen molar-refractivity contribution >= 4 is 0 Å². The zero-order chi connectivity index (χ0) is 12.0. The van der Waals surface area contributed by atoms with Crippen LogP contribution in [0.25, 0.3) is 0 Å². The van der Waals surface area contributed by atoms with Gasteiger partial charge >= 0.3 is 0 Å². The first-order valence-corrected chi connectivity index (χ1v) is 7.18. The maximum Gasteiger partial charge on any atom is -0.00439 e. The zero-order valence-corrected chi connectivity index (χ0v) is 11.8. The van der Waals surface area contributed by atoms with Crippen LogP contribution in [0.5, 0.6) is 0 Å². The summed E-state index contributed by atoms with van der Waals surface area (Å²) in [5.74, 6) is 2.00. The summed E-state index contributed by atoms with van der Waals surface area (Å²) in [6, 6.07) is 0. The van der Waals surface area contributed by atoms with Gasteiger partial charge in [-0.25, -0.2) is 0 Å². The minimum atomic E-state index is 0.479. The maximum atomic E-state index is 3.60. The third-order valence-electron chi connectivity index (χ3n) is 3.92. The fraction of sp³-hybridized carbons (Fsp3) is 1.00. The summed E-state index contributed by atoms with van der Waals surface area (Å²) >= 11 is 0. The van der Waals surface area contributed by atoms with Gasteiger partial charge in [0.25, 0.3) is 0 Å². The number of hydrogen-bond donors (Lipinski definition) is 1. The Hall–Kier alpha value is -0.0400. The molecule has 0 bridgehead atoms. The van der Waals surface area contributed by atoms with E-state index in [1.807, 2.05) is 0 Å². The van der Waals surface area contributed by atoms with E-state index in [-0.39, 0.29) is 0 Å². The van der Waals surface area contributed by atoms with E-state index in [0.717, 1.165) is 11.8 Å². The molecule has 0 atom stereocenters. The molecule has 0 amide bonds. The van der Waals surface area contributed by atoms with Crippen molar-refractivity contribution in [3.8, 4) is 0 Å². The predicted octanol–water partition coefficient (Wildman–Crippen LogP) is 4.23. The van der Waals surface area contributed by atoms with Crippen molar-refractivity contribution in [2.75, 3.05) is 13.1 Å². The molecule has 16 heavy (non-hydrogen) atoms. The Morgan fingerprint density at radius 1 is 1.00 bits per heavy atom. The van der Waals surface area contributed by atoms with Gasteiger partial charge in [0.15, 0.2) is 0 Å². The molecule has 1 rings (SSSR count). The van der Waals surface area contributed by atoms with Crippen LogP contribution < -0.4 is 5.32 Å². The summed E-state index contributed by atoms with van der Waals surface area (Å²) in [7, 11) is 0. The van der Waals surface area contributed by atoms with Crippen molar-refractivity contribution in [3.63, 3.8) is 0 Å². The van der Waals surface area contributed by atoms with E-state index in [0.29, 0.717) is 5.41 Å². The van der Waals surface area contributed by atoms with Gasteiger partial charge in [-0.15, -0.1) is 0 Å². The molecule has 96 valence electrons. The topological polar surface area (TPSA) is 12.0 Å². The van der Waals surface area contributed by atoms with Gasteiger partial charge in [-0.05, 0) is 43.2 Å². The Balaban J connectivity index is 1.95. The molecule has 1 saturated carbocycles. The van der Waals surface area contributed by atoms with Crippen molar-refractivity contribution in [1.82, 2.24) is 5.32 Å². The highest BCUT2D eigenvalue weighted by Gasteiger charge is 2.17. The number of rotatable bonds is 5. The van der Waals surface area contributed by atoms with Crippen LogP contribution in [0.1, 0.15) is 66.2 Å². The summed E-state index contributed by atoms with van der Waals surface area (Å²) in [5, 5.41) is 3.60. The Bertz CT molecular complexity index is 172. The summed E-state index contributed by atoms with van der Waals surface area (Å²) in [5.41, 5.74) is 0.479. The molecule has 1 aliphatic rings. The van der Waals surface area contributed by atoms with Crippen LogP contribution in [0.2, 0.25) is 0 Å². The second-order valence-electron chi connectivity index (χ2n) is 6.98. The van der Waals surface area contributed by atoms with Gasteiger partial charge in [0.1, 0.15) is 0 Å². The lowest BCUT2D eigenvalue weighted by atomic mass is 9.81. The number of hydrogen-bond acceptors (Lipinski definition) is 1. The molecule has 0 spiro atoms. The molecule has 0 saturated heterocycles. The molecule has 1 heteroatoms. The lowest BCUT2D eigenvalue weighted by Crippen LogP contribution is -2.24. The van der Waals surface area contributed by atoms with Crippen LogP contribution in [-0.4, -0.2) is 13.1 Å². The summed E-state index contributed by atoms with van der Waals surface area (Å²) in [6.45, 7) is 11.8. The molecule has 0 radical (unpaired) electrons. The fourth-order valence-corrected chi connectivity index (χ4v) is 2.51. The second kappa shape index (κ2) is 6.64. The third kappa shape index (κ3) is 6.52. The van der Waals surface area contributed by atoms with Crippen LogP contribution in [0.3, 0.4) is 0 Å². The smallest absolute Gasteiger partial charge is 0.00439 e. The minimum absolute atomic E-state index is 0.479. The van der Waals surface area contributed by atoms with E-state index < -0.39 is 0 Å². The summed E-state index contributed by atoms with van der Waals surface area (Å²) < 4.78 is 0. The van der Waals surface area contributed by atoms with Crippen LogP contribution in [0.4, 0.5) is 0 Å². The Labute approximate surface area is 102 Å². The van der Waals surface area contributed by atoms with E-state index in [2.05, 4.69) is 33.0 Å². The van der Waals surface area contributed by atoms with Gasteiger partial charge in [0.05, 0.1) is 0 Å². The van der Waals surface area contributed by atoms with Gasteiger partial charge in [-0.2, -0.15) is 0 Å². The molecule has 0 unspecified atom stereocenters. The van der Waals surface area contributed by atoms with Gasteiger partial charge in [-0.3, -0.25) is 0 Å². The first-order chi connectivity index (χ1) is 7.47. The molecule has 0 aromatic rings. The van der Waals surface area contributed by atoms with Crippen LogP contribution in [0.15, 0.2) is 0 Å². The molecule has 1 nitrogen and oxygen atoms in total. The SMILES string of the molecule is CC1CCC(CCNCCC(C)(C)C)CC1. The third-order valence-corrected chi connectivity index (χ3v) is 3.92. The normalized spacial score (nSPS) is 27.0. The van der Waals surface area contributed by atoms with Crippen molar-refractivity contribution < 1.29 is 0 Å². The van der Waals surface area contributed by atoms with Gasteiger partial charge in [0, 0.05) is 0 Å². The lowest BCUT2D eigenvalue weighted by molar-refractivity contribution is 0.273. The van der Waals surface area contributed by atoms with E-state index in [1.54, 1.807) is 0 Å². The highest BCUT2D eigenvalue weighted by atomic mass is 14.8. The van der Waals surface area contributed by atoms with Crippen molar-refractivity contribution in [2.24, 2.45) is 17.3 Å². The molecular formula is C15H31N. The summed E-state index contributed by atoms with van der Waals surface area (Å²) in [4.78, 5) is 0. The van der Waals surface area contributed by atoms with Crippen LogP contribution in [-0.2, 0) is 0 Å². The van der Waals surface area contributed by atoms with Crippen LogP contribution >= 0.6 is 0 Å². The van der Waals surface area contributed by atoms with E-state index >= 15 is 0 Å². The van der Waals surface area contributed by atoms with Crippen molar-refractivity contribution in [1.29, 1.82) is 0 Å². The van der Waals surface area contributed by atoms with Gasteiger partial charge in [-0.1, -0.05) is 53.4 Å². The Morgan fingerprint density at radius 2 is 1.62 bits per heavy atom. The standard InChI is InChI=1S/C15H31N/c1-13-5-7-14(8-6-13)9-11-16-12-10-15(2,3)4/h13-14,16H,5-12H2,1-4H3. The van der Waals surface area contributed by atoms with E-state index in [9.17, 15) is 0 Å². The first-order valence-electron chi connectivity index (χ1n) is 7.18.